The second-order valence-electron chi connectivity index (χ2n) is 7.69. The molecule has 0 saturated carbocycles. The van der Waals surface area contributed by atoms with Gasteiger partial charge in [-0.05, 0) is 17.9 Å². The van der Waals surface area contributed by atoms with Crippen LogP contribution in [0.3, 0.4) is 0 Å². The van der Waals surface area contributed by atoms with Gasteiger partial charge in [0.25, 0.3) is 0 Å². The lowest BCUT2D eigenvalue weighted by atomic mass is 9.72. The largest absolute Gasteiger partial charge is 0.597 e. The molecular weight excluding hydrogens is 290 g/mol. The quantitative estimate of drug-likeness (QED) is 0.761. The van der Waals surface area contributed by atoms with Crippen molar-refractivity contribution in [2.75, 3.05) is 13.2 Å². The number of hydrogen-bond donors (Lipinski definition) is 0. The van der Waals surface area contributed by atoms with E-state index in [2.05, 4.69) is 41.5 Å². The molecule has 1 aromatic carbocycles. The Balaban J connectivity index is 0.000000168. The van der Waals surface area contributed by atoms with Gasteiger partial charge in [-0.1, -0.05) is 53.7 Å². The Morgan fingerprint density at radius 3 is 1.65 bits per heavy atom. The summed E-state index contributed by atoms with van der Waals surface area (Å²) in [6.45, 7) is 14.3. The van der Waals surface area contributed by atoms with Crippen molar-refractivity contribution in [1.82, 2.24) is 0 Å². The van der Waals surface area contributed by atoms with Crippen molar-refractivity contribution in [3.05, 3.63) is 24.3 Å². The Hall–Kier alpha value is -1.13. The molecule has 3 rings (SSSR count). The minimum Gasteiger partial charge on any atom is -0.523 e. The summed E-state index contributed by atoms with van der Waals surface area (Å²) in [6, 6.07) is 7.76. The topological polar surface area (TPSA) is 36.9 Å². The summed E-state index contributed by atoms with van der Waals surface area (Å²) in [6.07, 6.45) is 0. The molecule has 0 spiro atoms. The van der Waals surface area contributed by atoms with Crippen LogP contribution in [0.25, 0.3) is 0 Å². The van der Waals surface area contributed by atoms with Crippen molar-refractivity contribution in [2.24, 2.45) is 5.41 Å². The summed E-state index contributed by atoms with van der Waals surface area (Å²) in [5.41, 5.74) is 0.200. The molecule has 4 nitrogen and oxygen atoms in total. The number of hydrogen-bond acceptors (Lipinski definition) is 4. The molecule has 1 saturated heterocycles. The molecule has 23 heavy (non-hydrogen) atoms. The van der Waals surface area contributed by atoms with Crippen molar-refractivity contribution in [3.63, 3.8) is 0 Å². The summed E-state index contributed by atoms with van der Waals surface area (Å²) in [4.78, 5) is 0. The molecule has 2 heterocycles. The predicted molar refractivity (Wildman–Crippen MR) is 95.1 cm³/mol. The van der Waals surface area contributed by atoms with Crippen molar-refractivity contribution in [2.45, 2.75) is 53.2 Å². The Kier molecular flexibility index (Phi) is 6.04. The van der Waals surface area contributed by atoms with Crippen LogP contribution in [0.5, 0.6) is 11.5 Å². The van der Waals surface area contributed by atoms with Gasteiger partial charge in [-0.25, -0.2) is 0 Å². The molecule has 0 aliphatic carbocycles. The van der Waals surface area contributed by atoms with Crippen LogP contribution in [0.1, 0.15) is 41.5 Å². The van der Waals surface area contributed by atoms with Crippen LogP contribution in [0.2, 0.25) is 11.6 Å². The highest BCUT2D eigenvalue weighted by Crippen LogP contribution is 2.35. The van der Waals surface area contributed by atoms with Gasteiger partial charge in [-0.2, -0.15) is 0 Å². The minimum absolute atomic E-state index is 0.0167. The molecule has 2 aliphatic rings. The van der Waals surface area contributed by atoms with Crippen molar-refractivity contribution in [1.29, 1.82) is 0 Å². The lowest BCUT2D eigenvalue weighted by molar-refractivity contribution is 0.0253. The van der Waals surface area contributed by atoms with Crippen LogP contribution in [0, 0.1) is 5.41 Å². The van der Waals surface area contributed by atoms with E-state index < -0.39 is 0 Å². The van der Waals surface area contributed by atoms with Gasteiger partial charge in [0.05, 0.1) is 0 Å². The molecule has 6 heteroatoms. The predicted octanol–water partition coefficient (Wildman–Crippen LogP) is 4.31. The number of rotatable bonds is 2. The second kappa shape index (κ2) is 7.63. The highest BCUT2D eigenvalue weighted by molar-refractivity contribution is 6.49. The molecule has 126 valence electrons. The average molecular weight is 318 g/mol. The molecule has 0 unspecified atom stereocenters. The van der Waals surface area contributed by atoms with Crippen LogP contribution >= 0.6 is 0 Å². The van der Waals surface area contributed by atoms with Gasteiger partial charge in [-0.15, -0.1) is 0 Å². The lowest BCUT2D eigenvalue weighted by Gasteiger charge is -2.34. The summed E-state index contributed by atoms with van der Waals surface area (Å²) in [5, 5.41) is 0. The fourth-order valence-electron chi connectivity index (χ4n) is 2.28. The van der Waals surface area contributed by atoms with Crippen LogP contribution < -0.4 is 9.31 Å². The highest BCUT2D eigenvalue weighted by atomic mass is 16.6. The SMILES string of the molecule is CC(C)B1OCC(C)(C)CO1.CC(C)B1Oc2ccccc2O1. The third-order valence-corrected chi connectivity index (χ3v) is 3.70. The van der Waals surface area contributed by atoms with Crippen LogP contribution in [0.4, 0.5) is 0 Å². The zero-order chi connectivity index (χ0) is 17.0. The average Bonchev–Trinajstić information content (AvgIpc) is 2.91. The second-order valence-corrected chi connectivity index (χ2v) is 7.69. The summed E-state index contributed by atoms with van der Waals surface area (Å²) in [5.74, 6) is 2.57. The third kappa shape index (κ3) is 5.18. The number of para-hydroxylation sites is 2. The van der Waals surface area contributed by atoms with E-state index in [1.807, 2.05) is 24.3 Å². The summed E-state index contributed by atoms with van der Waals surface area (Å²) >= 11 is 0. The fraction of sp³-hybridized carbons (Fsp3) is 0.647. The fourth-order valence-corrected chi connectivity index (χ4v) is 2.28. The molecule has 1 fully saturated rings. The van der Waals surface area contributed by atoms with Gasteiger partial charge < -0.3 is 18.6 Å². The van der Waals surface area contributed by atoms with Gasteiger partial charge in [-0.3, -0.25) is 0 Å². The Morgan fingerprint density at radius 1 is 0.826 bits per heavy atom. The monoisotopic (exact) mass is 318 g/mol. The molecule has 0 aromatic heterocycles. The zero-order valence-corrected chi connectivity index (χ0v) is 15.2. The van der Waals surface area contributed by atoms with Gasteiger partial charge in [0.2, 0.25) is 0 Å². The van der Waals surface area contributed by atoms with E-state index in [9.17, 15) is 0 Å². The first-order chi connectivity index (χ1) is 10.8. The van der Waals surface area contributed by atoms with Crippen LogP contribution in [-0.4, -0.2) is 27.5 Å². The summed E-state index contributed by atoms with van der Waals surface area (Å²) < 4.78 is 22.2. The molecule has 2 aliphatic heterocycles. The van der Waals surface area contributed by atoms with Gasteiger partial charge in [0, 0.05) is 24.4 Å². The first kappa shape index (κ1) is 18.2. The van der Waals surface area contributed by atoms with Crippen molar-refractivity contribution >= 4 is 14.2 Å². The van der Waals surface area contributed by atoms with E-state index in [4.69, 9.17) is 18.6 Å². The molecule has 0 amide bonds. The van der Waals surface area contributed by atoms with Gasteiger partial charge in [0.1, 0.15) is 11.5 Å². The van der Waals surface area contributed by atoms with E-state index in [0.717, 1.165) is 24.7 Å². The smallest absolute Gasteiger partial charge is 0.523 e. The van der Waals surface area contributed by atoms with E-state index in [-0.39, 0.29) is 19.7 Å². The maximum atomic E-state index is 5.55. The zero-order valence-electron chi connectivity index (χ0n) is 15.2. The van der Waals surface area contributed by atoms with Crippen molar-refractivity contribution in [3.8, 4) is 11.5 Å². The Morgan fingerprint density at radius 2 is 1.26 bits per heavy atom. The Bertz CT molecular complexity index is 470. The molecule has 0 atom stereocenters. The summed E-state index contributed by atoms with van der Waals surface area (Å²) in [7, 11) is -0.0922. The van der Waals surface area contributed by atoms with Crippen LogP contribution in [0.15, 0.2) is 24.3 Å². The Labute approximate surface area is 141 Å². The van der Waals surface area contributed by atoms with Gasteiger partial charge in [0.15, 0.2) is 0 Å². The van der Waals surface area contributed by atoms with Crippen molar-refractivity contribution < 1.29 is 18.6 Å². The van der Waals surface area contributed by atoms with E-state index in [0.29, 0.717) is 11.6 Å². The maximum absolute atomic E-state index is 5.55. The molecular formula is C17H28B2O4. The molecule has 0 radical (unpaired) electrons. The minimum atomic E-state index is -0.109. The van der Waals surface area contributed by atoms with E-state index in [1.54, 1.807) is 0 Å². The maximum Gasteiger partial charge on any atom is 0.597 e. The van der Waals surface area contributed by atoms with E-state index >= 15 is 0 Å². The molecule has 0 bridgehead atoms. The first-order valence-electron chi connectivity index (χ1n) is 8.44. The lowest BCUT2D eigenvalue weighted by Crippen LogP contribution is -2.41. The normalized spacial score (nSPS) is 19.0. The molecule has 1 aromatic rings. The molecule has 0 N–H and O–H groups in total. The standard InChI is InChI=1S/C9H11BO2.C8H17BO2/c1-7(2)10-11-8-5-3-4-6-9(8)12-10;1-7(2)9-10-5-8(3,4)6-11-9/h3-7H,1-2H3;7H,5-6H2,1-4H3. The highest BCUT2D eigenvalue weighted by Gasteiger charge is 2.35. The van der Waals surface area contributed by atoms with E-state index in [1.165, 1.54) is 0 Å². The third-order valence-electron chi connectivity index (χ3n) is 3.70. The number of benzene rings is 1. The number of fused-ring (bicyclic) bond motifs is 1. The first-order valence-corrected chi connectivity index (χ1v) is 8.44. The van der Waals surface area contributed by atoms with Gasteiger partial charge >= 0.3 is 14.2 Å². The van der Waals surface area contributed by atoms with Crippen LogP contribution in [-0.2, 0) is 9.31 Å².